The first kappa shape index (κ1) is 12.0. The van der Waals surface area contributed by atoms with Gasteiger partial charge in [0, 0.05) is 19.0 Å². The lowest BCUT2D eigenvalue weighted by Crippen LogP contribution is -2.34. The molecule has 3 unspecified atom stereocenters. The van der Waals surface area contributed by atoms with Gasteiger partial charge in [-0.25, -0.2) is 4.79 Å². The Kier molecular flexibility index (Phi) is 4.60. The molecule has 0 spiro atoms. The first-order chi connectivity index (χ1) is 7.13. The van der Waals surface area contributed by atoms with Crippen LogP contribution in [-0.2, 0) is 9.53 Å². The molecule has 0 saturated carbocycles. The van der Waals surface area contributed by atoms with E-state index in [4.69, 9.17) is 16.3 Å². The van der Waals surface area contributed by atoms with Crippen molar-refractivity contribution in [3.05, 3.63) is 0 Å². The number of aliphatic carboxylic acids is 1. The van der Waals surface area contributed by atoms with Crippen LogP contribution in [0.1, 0.15) is 26.2 Å². The fraction of sp³-hybridized carbons (Fsp3) is 0.727. The van der Waals surface area contributed by atoms with Crippen LogP contribution in [0.3, 0.4) is 0 Å². The summed E-state index contributed by atoms with van der Waals surface area (Å²) in [7, 11) is 0. The Morgan fingerprint density at radius 3 is 3.00 bits per heavy atom. The van der Waals surface area contributed by atoms with Gasteiger partial charge in [0.1, 0.15) is 0 Å². The summed E-state index contributed by atoms with van der Waals surface area (Å²) in [6.07, 6.45) is 6.63. The average molecular weight is 211 g/mol. The first-order valence-corrected chi connectivity index (χ1v) is 5.18. The van der Waals surface area contributed by atoms with E-state index < -0.39 is 12.1 Å². The fourth-order valence-electron chi connectivity index (χ4n) is 1.62. The van der Waals surface area contributed by atoms with Crippen LogP contribution in [-0.4, -0.2) is 35.9 Å². The number of ether oxygens (including phenoxy) is 1. The zero-order valence-electron chi connectivity index (χ0n) is 8.90. The summed E-state index contributed by atoms with van der Waals surface area (Å²) in [5, 5.41) is 11.9. The van der Waals surface area contributed by atoms with Crippen LogP contribution >= 0.6 is 0 Å². The molecule has 0 aliphatic carbocycles. The van der Waals surface area contributed by atoms with Gasteiger partial charge in [0.2, 0.25) is 0 Å². The molecule has 1 fully saturated rings. The van der Waals surface area contributed by atoms with Crippen molar-refractivity contribution in [1.82, 2.24) is 5.32 Å². The van der Waals surface area contributed by atoms with Gasteiger partial charge in [-0.15, -0.1) is 12.3 Å². The van der Waals surface area contributed by atoms with Crippen LogP contribution in [0.4, 0.5) is 0 Å². The minimum atomic E-state index is -0.867. The van der Waals surface area contributed by atoms with Crippen LogP contribution in [0, 0.1) is 12.3 Å². The second-order valence-corrected chi connectivity index (χ2v) is 3.88. The van der Waals surface area contributed by atoms with Gasteiger partial charge in [0.15, 0.2) is 6.10 Å². The molecule has 1 heterocycles. The van der Waals surface area contributed by atoms with Crippen molar-refractivity contribution in [3.8, 4) is 12.3 Å². The predicted octanol–water partition coefficient (Wildman–Crippen LogP) is 0.620. The predicted molar refractivity (Wildman–Crippen MR) is 56.4 cm³/mol. The van der Waals surface area contributed by atoms with Crippen molar-refractivity contribution in [2.45, 2.75) is 44.4 Å². The van der Waals surface area contributed by atoms with Crippen molar-refractivity contribution < 1.29 is 14.6 Å². The fourth-order valence-corrected chi connectivity index (χ4v) is 1.62. The molecule has 1 saturated heterocycles. The number of carboxylic acids is 1. The summed E-state index contributed by atoms with van der Waals surface area (Å²) in [4.78, 5) is 10.6. The summed E-state index contributed by atoms with van der Waals surface area (Å²) in [5.74, 6) is 1.71. The Hall–Kier alpha value is -1.05. The summed E-state index contributed by atoms with van der Waals surface area (Å²) in [5.41, 5.74) is 0. The van der Waals surface area contributed by atoms with E-state index in [0.29, 0.717) is 19.4 Å². The zero-order valence-corrected chi connectivity index (χ0v) is 8.90. The highest BCUT2D eigenvalue weighted by Crippen LogP contribution is 2.19. The van der Waals surface area contributed by atoms with Crippen LogP contribution < -0.4 is 5.32 Å². The van der Waals surface area contributed by atoms with Gasteiger partial charge in [0.05, 0.1) is 6.10 Å². The number of hydrogen-bond donors (Lipinski definition) is 2. The Balaban J connectivity index is 2.19. The Morgan fingerprint density at radius 2 is 2.47 bits per heavy atom. The summed E-state index contributed by atoms with van der Waals surface area (Å²) < 4.78 is 5.34. The Bertz CT molecular complexity index is 259. The van der Waals surface area contributed by atoms with Gasteiger partial charge >= 0.3 is 5.97 Å². The molecular weight excluding hydrogens is 194 g/mol. The molecule has 0 bridgehead atoms. The number of terminal acetylenes is 1. The van der Waals surface area contributed by atoms with Crippen LogP contribution in [0.25, 0.3) is 0 Å². The maximum absolute atomic E-state index is 10.6. The molecule has 4 heteroatoms. The number of carbonyl (C=O) groups is 1. The lowest BCUT2D eigenvalue weighted by Gasteiger charge is -2.15. The van der Waals surface area contributed by atoms with Gasteiger partial charge in [-0.05, 0) is 19.8 Å². The smallest absolute Gasteiger partial charge is 0.332 e. The molecule has 0 aromatic heterocycles. The normalized spacial score (nSPS) is 27.2. The lowest BCUT2D eigenvalue weighted by atomic mass is 10.2. The summed E-state index contributed by atoms with van der Waals surface area (Å²) in [6.45, 7) is 2.68. The Morgan fingerprint density at radius 1 is 1.73 bits per heavy atom. The maximum atomic E-state index is 10.6. The topological polar surface area (TPSA) is 58.6 Å². The molecule has 0 aromatic rings. The van der Waals surface area contributed by atoms with Crippen LogP contribution in [0.2, 0.25) is 0 Å². The van der Waals surface area contributed by atoms with Crippen LogP contribution in [0.15, 0.2) is 0 Å². The molecule has 3 atom stereocenters. The molecule has 1 rings (SSSR count). The molecule has 0 amide bonds. The maximum Gasteiger partial charge on any atom is 0.332 e. The highest BCUT2D eigenvalue weighted by Gasteiger charge is 2.30. The SMILES string of the molecule is C#CCC(C)NCC1CCC(C(=O)O)O1. The van der Waals surface area contributed by atoms with Crippen molar-refractivity contribution in [1.29, 1.82) is 0 Å². The lowest BCUT2D eigenvalue weighted by molar-refractivity contribution is -0.149. The molecule has 2 N–H and O–H groups in total. The third-order valence-corrected chi connectivity index (χ3v) is 2.50. The van der Waals surface area contributed by atoms with E-state index >= 15 is 0 Å². The molecular formula is C11H17NO3. The molecule has 4 nitrogen and oxygen atoms in total. The molecule has 0 radical (unpaired) electrons. The minimum absolute atomic E-state index is 0.00586. The van der Waals surface area contributed by atoms with E-state index in [2.05, 4.69) is 11.2 Å². The minimum Gasteiger partial charge on any atom is -0.479 e. The number of nitrogens with one attached hydrogen (secondary N) is 1. The van der Waals surface area contributed by atoms with Crippen molar-refractivity contribution in [2.75, 3.05) is 6.54 Å². The van der Waals surface area contributed by atoms with E-state index in [9.17, 15) is 4.79 Å². The highest BCUT2D eigenvalue weighted by molar-refractivity contribution is 5.72. The largest absolute Gasteiger partial charge is 0.479 e. The van der Waals surface area contributed by atoms with Gasteiger partial charge in [-0.3, -0.25) is 0 Å². The van der Waals surface area contributed by atoms with E-state index in [1.165, 1.54) is 0 Å². The molecule has 1 aliphatic rings. The monoisotopic (exact) mass is 211 g/mol. The second-order valence-electron chi connectivity index (χ2n) is 3.88. The van der Waals surface area contributed by atoms with E-state index in [-0.39, 0.29) is 12.1 Å². The second kappa shape index (κ2) is 5.74. The standard InChI is InChI=1S/C11H17NO3/c1-3-4-8(2)12-7-9-5-6-10(15-9)11(13)14/h1,8-10,12H,4-7H2,2H3,(H,13,14). The van der Waals surface area contributed by atoms with Crippen molar-refractivity contribution in [3.63, 3.8) is 0 Å². The quantitative estimate of drug-likeness (QED) is 0.654. The van der Waals surface area contributed by atoms with Crippen molar-refractivity contribution in [2.24, 2.45) is 0 Å². The van der Waals surface area contributed by atoms with Crippen molar-refractivity contribution >= 4 is 5.97 Å². The van der Waals surface area contributed by atoms with Gasteiger partial charge in [-0.1, -0.05) is 0 Å². The average Bonchev–Trinajstić information content (AvgIpc) is 2.63. The first-order valence-electron chi connectivity index (χ1n) is 5.18. The number of hydrogen-bond acceptors (Lipinski definition) is 3. The summed E-state index contributed by atoms with van der Waals surface area (Å²) in [6, 6.07) is 0.252. The number of carboxylic acid groups (broad SMARTS) is 1. The molecule has 15 heavy (non-hydrogen) atoms. The van der Waals surface area contributed by atoms with Gasteiger partial charge in [-0.2, -0.15) is 0 Å². The Labute approximate surface area is 90.0 Å². The molecule has 84 valence electrons. The van der Waals surface area contributed by atoms with Gasteiger partial charge in [0.25, 0.3) is 0 Å². The molecule has 0 aromatic carbocycles. The van der Waals surface area contributed by atoms with Crippen LogP contribution in [0.5, 0.6) is 0 Å². The number of rotatable bonds is 5. The third-order valence-electron chi connectivity index (χ3n) is 2.50. The van der Waals surface area contributed by atoms with E-state index in [0.717, 1.165) is 6.42 Å². The third kappa shape index (κ3) is 3.90. The zero-order chi connectivity index (χ0) is 11.3. The highest BCUT2D eigenvalue weighted by atomic mass is 16.5. The molecule has 1 aliphatic heterocycles. The van der Waals surface area contributed by atoms with E-state index in [1.807, 2.05) is 6.92 Å². The van der Waals surface area contributed by atoms with E-state index in [1.54, 1.807) is 0 Å². The van der Waals surface area contributed by atoms with Gasteiger partial charge < -0.3 is 15.2 Å². The summed E-state index contributed by atoms with van der Waals surface area (Å²) >= 11 is 0.